The van der Waals surface area contributed by atoms with Crippen LogP contribution < -0.4 is 11.2 Å². The second-order valence-electron chi connectivity index (χ2n) is 8.81. The Morgan fingerprint density at radius 3 is 2.59 bits per heavy atom. The number of likely N-dealkylation sites (N-methyl/N-ethyl adjacent to an activating group) is 1. The maximum atomic E-state index is 13.5. The SMILES string of the molecule is CN(Cc1sc2c(c1Cc1ccc(Cl)cc1)c(=O)c(C(N)=O)cn2CCCO)CC(O)c1ncccn1. The predicted molar refractivity (Wildman–Crippen MR) is 144 cm³/mol. The minimum atomic E-state index is -0.883. The van der Waals surface area contributed by atoms with Gasteiger partial charge in [0.05, 0.1) is 5.39 Å². The van der Waals surface area contributed by atoms with E-state index < -0.39 is 17.4 Å². The molecule has 194 valence electrons. The number of aryl methyl sites for hydroxylation is 1. The lowest BCUT2D eigenvalue weighted by atomic mass is 10.0. The standard InChI is InChI=1S/C26H28ClN5O4S/c1-31(14-20(34)25-29-8-2-9-30-25)15-21-18(12-16-4-6-17(27)7-5-16)22-23(35)19(24(28)36)13-32(10-3-11-33)26(22)37-21/h2,4-9,13,20,33-34H,3,10-12,14-15H2,1H3,(H2,28,36). The number of nitrogens with zero attached hydrogens (tertiary/aromatic N) is 4. The number of hydrogen-bond acceptors (Lipinski definition) is 8. The van der Waals surface area contributed by atoms with Crippen LogP contribution >= 0.6 is 22.9 Å². The molecule has 0 spiro atoms. The molecule has 1 unspecified atom stereocenters. The number of amides is 1. The minimum absolute atomic E-state index is 0.0302. The van der Waals surface area contributed by atoms with Gasteiger partial charge in [-0.15, -0.1) is 11.3 Å². The fraction of sp³-hybridized carbons (Fsp3) is 0.308. The first-order chi connectivity index (χ1) is 17.8. The number of pyridine rings is 1. The van der Waals surface area contributed by atoms with Gasteiger partial charge in [0.2, 0.25) is 5.43 Å². The summed E-state index contributed by atoms with van der Waals surface area (Å²) in [4.78, 5) is 37.4. The summed E-state index contributed by atoms with van der Waals surface area (Å²) in [6, 6.07) is 9.08. The molecule has 0 aliphatic heterocycles. The van der Waals surface area contributed by atoms with E-state index in [1.165, 1.54) is 17.5 Å². The first kappa shape index (κ1) is 26.9. The van der Waals surface area contributed by atoms with E-state index in [1.54, 1.807) is 30.6 Å². The van der Waals surface area contributed by atoms with Gasteiger partial charge in [-0.3, -0.25) is 14.5 Å². The van der Waals surface area contributed by atoms with Gasteiger partial charge in [0.15, 0.2) is 5.82 Å². The highest BCUT2D eigenvalue weighted by atomic mass is 35.5. The van der Waals surface area contributed by atoms with Crippen LogP contribution in [-0.2, 0) is 19.5 Å². The van der Waals surface area contributed by atoms with Gasteiger partial charge >= 0.3 is 0 Å². The molecular formula is C26H28ClN5O4S. The Morgan fingerprint density at radius 2 is 1.95 bits per heavy atom. The lowest BCUT2D eigenvalue weighted by Crippen LogP contribution is -2.25. The van der Waals surface area contributed by atoms with E-state index in [4.69, 9.17) is 17.3 Å². The van der Waals surface area contributed by atoms with Crippen molar-refractivity contribution in [1.29, 1.82) is 0 Å². The smallest absolute Gasteiger partial charge is 0.254 e. The number of rotatable bonds is 11. The molecule has 0 radical (unpaired) electrons. The molecule has 1 aromatic carbocycles. The average molecular weight is 542 g/mol. The lowest BCUT2D eigenvalue weighted by Gasteiger charge is -2.20. The molecule has 4 rings (SSSR count). The van der Waals surface area contributed by atoms with Crippen LogP contribution in [0.1, 0.15) is 44.7 Å². The molecule has 0 aliphatic carbocycles. The second-order valence-corrected chi connectivity index (χ2v) is 10.3. The van der Waals surface area contributed by atoms with Gasteiger partial charge in [-0.25, -0.2) is 9.97 Å². The Morgan fingerprint density at radius 1 is 1.24 bits per heavy atom. The molecule has 0 saturated carbocycles. The Labute approximate surface area is 222 Å². The molecule has 3 aromatic heterocycles. The number of aliphatic hydroxyl groups is 2. The third kappa shape index (κ3) is 6.23. The van der Waals surface area contributed by atoms with E-state index in [0.717, 1.165) is 16.0 Å². The van der Waals surface area contributed by atoms with Crippen LogP contribution in [0.15, 0.2) is 53.7 Å². The zero-order chi connectivity index (χ0) is 26.5. The maximum absolute atomic E-state index is 13.5. The number of aromatic nitrogens is 3. The fourth-order valence-corrected chi connectivity index (χ4v) is 5.74. The number of nitrogens with two attached hydrogens (primary N) is 1. The van der Waals surface area contributed by atoms with Crippen LogP contribution in [0, 0.1) is 0 Å². The average Bonchev–Trinajstić information content (AvgIpc) is 3.23. The highest BCUT2D eigenvalue weighted by Gasteiger charge is 2.23. The van der Waals surface area contributed by atoms with Crippen molar-refractivity contribution in [3.05, 3.63) is 91.6 Å². The summed E-state index contributed by atoms with van der Waals surface area (Å²) in [7, 11) is 1.87. The summed E-state index contributed by atoms with van der Waals surface area (Å²) in [5, 5.41) is 21.1. The molecule has 0 saturated heterocycles. The van der Waals surface area contributed by atoms with Crippen LogP contribution in [0.5, 0.6) is 0 Å². The Kier molecular flexibility index (Phi) is 8.67. The van der Waals surface area contributed by atoms with Gasteiger partial charge in [-0.05, 0) is 49.2 Å². The number of hydrogen-bond donors (Lipinski definition) is 3. The van der Waals surface area contributed by atoms with Crippen molar-refractivity contribution in [3.8, 4) is 0 Å². The van der Waals surface area contributed by atoms with Gasteiger partial charge in [0, 0.05) is 54.7 Å². The Bertz CT molecular complexity index is 1440. The fourth-order valence-electron chi connectivity index (χ4n) is 4.21. The number of aliphatic hydroxyl groups excluding tert-OH is 2. The maximum Gasteiger partial charge on any atom is 0.254 e. The van der Waals surface area contributed by atoms with Gasteiger partial charge in [0.25, 0.3) is 5.91 Å². The molecule has 3 heterocycles. The highest BCUT2D eigenvalue weighted by molar-refractivity contribution is 7.18. The van der Waals surface area contributed by atoms with Crippen molar-refractivity contribution in [2.45, 2.75) is 32.0 Å². The summed E-state index contributed by atoms with van der Waals surface area (Å²) in [5.74, 6) is -0.459. The van der Waals surface area contributed by atoms with Crippen molar-refractivity contribution in [1.82, 2.24) is 19.4 Å². The predicted octanol–water partition coefficient (Wildman–Crippen LogP) is 2.74. The van der Waals surface area contributed by atoms with Gasteiger partial charge in [-0.1, -0.05) is 23.7 Å². The number of carbonyl (C=O) groups is 1. The third-order valence-electron chi connectivity index (χ3n) is 5.99. The highest BCUT2D eigenvalue weighted by Crippen LogP contribution is 2.33. The number of fused-ring (bicyclic) bond motifs is 1. The number of halogens is 1. The van der Waals surface area contributed by atoms with E-state index in [9.17, 15) is 19.8 Å². The quantitative estimate of drug-likeness (QED) is 0.266. The summed E-state index contributed by atoms with van der Waals surface area (Å²) < 4.78 is 1.82. The van der Waals surface area contributed by atoms with E-state index in [1.807, 2.05) is 28.6 Å². The summed E-state index contributed by atoms with van der Waals surface area (Å²) in [5.41, 5.74) is 6.82. The summed E-state index contributed by atoms with van der Waals surface area (Å²) >= 11 is 7.53. The number of primary amides is 1. The topological polar surface area (TPSA) is 135 Å². The number of thiophene rings is 1. The van der Waals surface area contributed by atoms with Crippen molar-refractivity contribution >= 4 is 39.1 Å². The first-order valence-corrected chi connectivity index (χ1v) is 12.9. The van der Waals surface area contributed by atoms with E-state index >= 15 is 0 Å². The lowest BCUT2D eigenvalue weighted by molar-refractivity contribution is 0.0998. The Balaban J connectivity index is 1.79. The Hall–Kier alpha value is -3.15. The van der Waals surface area contributed by atoms with Gasteiger partial charge in [-0.2, -0.15) is 0 Å². The van der Waals surface area contributed by atoms with Crippen LogP contribution in [0.4, 0.5) is 0 Å². The molecule has 1 atom stereocenters. The van der Waals surface area contributed by atoms with Crippen LogP contribution in [0.2, 0.25) is 5.02 Å². The summed E-state index contributed by atoms with van der Waals surface area (Å²) in [6.07, 6.45) is 4.67. The molecular weight excluding hydrogens is 514 g/mol. The second kappa shape index (κ2) is 11.9. The van der Waals surface area contributed by atoms with Crippen LogP contribution in [0.25, 0.3) is 10.2 Å². The normalized spacial score (nSPS) is 12.4. The molecule has 9 nitrogen and oxygen atoms in total. The van der Waals surface area contributed by atoms with Crippen molar-refractivity contribution in [3.63, 3.8) is 0 Å². The van der Waals surface area contributed by atoms with Crippen LogP contribution in [-0.4, -0.2) is 55.8 Å². The van der Waals surface area contributed by atoms with Crippen molar-refractivity contribution in [2.24, 2.45) is 5.73 Å². The molecule has 4 aromatic rings. The zero-order valence-electron chi connectivity index (χ0n) is 20.3. The minimum Gasteiger partial charge on any atom is -0.396 e. The van der Waals surface area contributed by atoms with E-state index in [2.05, 4.69) is 9.97 Å². The third-order valence-corrected chi connectivity index (χ3v) is 7.49. The van der Waals surface area contributed by atoms with Gasteiger partial charge < -0.3 is 20.5 Å². The van der Waals surface area contributed by atoms with E-state index in [-0.39, 0.29) is 18.7 Å². The van der Waals surface area contributed by atoms with Crippen molar-refractivity contribution in [2.75, 3.05) is 20.2 Å². The number of carbonyl (C=O) groups excluding carboxylic acids is 1. The molecule has 4 N–H and O–H groups in total. The molecule has 0 bridgehead atoms. The van der Waals surface area contributed by atoms with Crippen LogP contribution in [0.3, 0.4) is 0 Å². The zero-order valence-corrected chi connectivity index (χ0v) is 21.9. The van der Waals surface area contributed by atoms with Crippen molar-refractivity contribution < 1.29 is 15.0 Å². The largest absolute Gasteiger partial charge is 0.396 e. The number of benzene rings is 1. The molecule has 37 heavy (non-hydrogen) atoms. The molecule has 11 heteroatoms. The molecule has 0 fully saturated rings. The van der Waals surface area contributed by atoms with Gasteiger partial charge in [0.1, 0.15) is 16.5 Å². The van der Waals surface area contributed by atoms with E-state index in [0.29, 0.717) is 47.0 Å². The summed E-state index contributed by atoms with van der Waals surface area (Å²) in [6.45, 7) is 1.11. The molecule has 1 amide bonds. The first-order valence-electron chi connectivity index (χ1n) is 11.7. The monoisotopic (exact) mass is 541 g/mol. The molecule has 0 aliphatic rings.